The van der Waals surface area contributed by atoms with Crippen LogP contribution in [0.4, 0.5) is 9.59 Å². The molecular formula is C14H31N5O2. The zero-order valence-electron chi connectivity index (χ0n) is 14.1. The van der Waals surface area contributed by atoms with Gasteiger partial charge in [-0.3, -0.25) is 0 Å². The number of rotatable bonds is 6. The van der Waals surface area contributed by atoms with Gasteiger partial charge >= 0.3 is 12.1 Å². The minimum atomic E-state index is -0.234. The van der Waals surface area contributed by atoms with E-state index in [9.17, 15) is 9.59 Å². The van der Waals surface area contributed by atoms with E-state index in [4.69, 9.17) is 0 Å². The maximum Gasteiger partial charge on any atom is 0.315 e. The highest BCUT2D eigenvalue weighted by atomic mass is 16.2. The molecular weight excluding hydrogens is 270 g/mol. The van der Waals surface area contributed by atoms with Crippen molar-refractivity contribution in [2.75, 3.05) is 26.2 Å². The van der Waals surface area contributed by atoms with Gasteiger partial charge in [0.25, 0.3) is 0 Å². The van der Waals surface area contributed by atoms with Gasteiger partial charge < -0.3 is 26.6 Å². The summed E-state index contributed by atoms with van der Waals surface area (Å²) in [7, 11) is 0. The third-order valence-electron chi connectivity index (χ3n) is 2.15. The first-order chi connectivity index (χ1) is 9.49. The van der Waals surface area contributed by atoms with Gasteiger partial charge in [0.15, 0.2) is 0 Å². The van der Waals surface area contributed by atoms with Crippen molar-refractivity contribution < 1.29 is 9.59 Å². The highest BCUT2D eigenvalue weighted by molar-refractivity contribution is 5.74. The van der Waals surface area contributed by atoms with E-state index in [1.165, 1.54) is 0 Å². The molecule has 0 aromatic rings. The van der Waals surface area contributed by atoms with Crippen LogP contribution >= 0.6 is 0 Å². The fourth-order valence-corrected chi connectivity index (χ4v) is 1.42. The molecule has 0 bridgehead atoms. The maximum absolute atomic E-state index is 11.5. The maximum atomic E-state index is 11.5. The lowest BCUT2D eigenvalue weighted by molar-refractivity contribution is 0.231. The molecule has 0 aromatic carbocycles. The lowest BCUT2D eigenvalue weighted by atomic mass is 10.1. The van der Waals surface area contributed by atoms with Crippen LogP contribution in [0.25, 0.3) is 0 Å². The number of nitrogens with one attached hydrogen (secondary N) is 5. The summed E-state index contributed by atoms with van der Waals surface area (Å²) in [6.07, 6.45) is 0. The first-order valence-corrected chi connectivity index (χ1v) is 7.32. The van der Waals surface area contributed by atoms with Crippen molar-refractivity contribution in [3.05, 3.63) is 0 Å². The molecule has 0 heterocycles. The van der Waals surface area contributed by atoms with Gasteiger partial charge in [-0.25, -0.2) is 9.59 Å². The highest BCUT2D eigenvalue weighted by Crippen LogP contribution is 1.97. The summed E-state index contributed by atoms with van der Waals surface area (Å²) in [5.41, 5.74) is -0.469. The summed E-state index contributed by atoms with van der Waals surface area (Å²) in [6, 6.07) is -0.348. The third kappa shape index (κ3) is 14.7. The monoisotopic (exact) mass is 301 g/mol. The molecule has 0 saturated carbocycles. The number of hydrogen-bond donors (Lipinski definition) is 5. The van der Waals surface area contributed by atoms with E-state index in [0.29, 0.717) is 26.2 Å². The largest absolute Gasteiger partial charge is 0.337 e. The molecule has 124 valence electrons. The van der Waals surface area contributed by atoms with Crippen molar-refractivity contribution in [3.8, 4) is 0 Å². The Kier molecular flexibility index (Phi) is 8.09. The van der Waals surface area contributed by atoms with Gasteiger partial charge in [0.05, 0.1) is 0 Å². The third-order valence-corrected chi connectivity index (χ3v) is 2.15. The quantitative estimate of drug-likeness (QED) is 0.469. The molecule has 0 aliphatic carbocycles. The smallest absolute Gasteiger partial charge is 0.315 e. The fraction of sp³-hybridized carbons (Fsp3) is 0.857. The van der Waals surface area contributed by atoms with E-state index in [2.05, 4.69) is 26.6 Å². The summed E-state index contributed by atoms with van der Waals surface area (Å²) < 4.78 is 0. The van der Waals surface area contributed by atoms with Crippen LogP contribution < -0.4 is 26.6 Å². The molecule has 0 fully saturated rings. The minimum absolute atomic E-state index is 0.174. The summed E-state index contributed by atoms with van der Waals surface area (Å²) in [4.78, 5) is 22.9. The summed E-state index contributed by atoms with van der Waals surface area (Å²) in [5, 5.41) is 14.3. The van der Waals surface area contributed by atoms with Crippen LogP contribution in [0.2, 0.25) is 0 Å². The van der Waals surface area contributed by atoms with Gasteiger partial charge in [0.2, 0.25) is 0 Å². The summed E-state index contributed by atoms with van der Waals surface area (Å²) in [6.45, 7) is 14.0. The van der Waals surface area contributed by atoms with Crippen LogP contribution in [-0.4, -0.2) is 49.3 Å². The first-order valence-electron chi connectivity index (χ1n) is 7.32. The van der Waals surface area contributed by atoms with Crippen molar-refractivity contribution in [1.82, 2.24) is 26.6 Å². The Morgan fingerprint density at radius 1 is 0.667 bits per heavy atom. The van der Waals surface area contributed by atoms with Gasteiger partial charge in [-0.05, 0) is 41.5 Å². The Morgan fingerprint density at radius 3 is 1.29 bits per heavy atom. The average Bonchev–Trinajstić information content (AvgIpc) is 2.22. The molecule has 7 heteroatoms. The van der Waals surface area contributed by atoms with E-state index in [-0.39, 0.29) is 23.1 Å². The minimum Gasteiger partial charge on any atom is -0.337 e. The molecule has 0 atom stereocenters. The molecule has 0 aromatic heterocycles. The zero-order chi connectivity index (χ0) is 16.5. The second kappa shape index (κ2) is 8.71. The van der Waals surface area contributed by atoms with Gasteiger partial charge in [0, 0.05) is 37.3 Å². The normalized spacial score (nSPS) is 11.7. The lowest BCUT2D eigenvalue weighted by Gasteiger charge is -2.21. The molecule has 7 nitrogen and oxygen atoms in total. The van der Waals surface area contributed by atoms with E-state index in [0.717, 1.165) is 0 Å². The molecule has 0 aliphatic heterocycles. The van der Waals surface area contributed by atoms with Gasteiger partial charge in [0.1, 0.15) is 0 Å². The molecule has 0 aliphatic rings. The van der Waals surface area contributed by atoms with Crippen molar-refractivity contribution in [3.63, 3.8) is 0 Å². The first kappa shape index (κ1) is 19.5. The second-order valence-corrected chi connectivity index (χ2v) is 7.01. The number of carbonyl (C=O) groups is 2. The van der Waals surface area contributed by atoms with E-state index in [1.807, 2.05) is 41.5 Å². The molecule has 5 N–H and O–H groups in total. The average molecular weight is 301 g/mol. The zero-order valence-corrected chi connectivity index (χ0v) is 14.1. The molecule has 0 spiro atoms. The Balaban J connectivity index is 3.49. The second-order valence-electron chi connectivity index (χ2n) is 7.01. The Hall–Kier alpha value is -1.50. The number of carbonyl (C=O) groups excluding carboxylic acids is 2. The molecule has 0 unspecified atom stereocenters. The van der Waals surface area contributed by atoms with Gasteiger partial charge in [-0.1, -0.05) is 0 Å². The summed E-state index contributed by atoms with van der Waals surface area (Å²) >= 11 is 0. The van der Waals surface area contributed by atoms with Crippen molar-refractivity contribution in [1.29, 1.82) is 0 Å². The van der Waals surface area contributed by atoms with Crippen molar-refractivity contribution >= 4 is 12.1 Å². The predicted octanol–water partition coefficient (Wildman–Crippen LogP) is 0.771. The predicted molar refractivity (Wildman–Crippen MR) is 85.4 cm³/mol. The van der Waals surface area contributed by atoms with Crippen LogP contribution in [-0.2, 0) is 0 Å². The van der Waals surface area contributed by atoms with Crippen molar-refractivity contribution in [2.45, 2.75) is 52.6 Å². The van der Waals surface area contributed by atoms with Gasteiger partial charge in [-0.15, -0.1) is 0 Å². The molecule has 0 radical (unpaired) electrons. The molecule has 21 heavy (non-hydrogen) atoms. The number of amides is 4. The van der Waals surface area contributed by atoms with Crippen LogP contribution in [0.1, 0.15) is 41.5 Å². The SMILES string of the molecule is CC(C)(C)NC(=O)NCCNCCNC(=O)NC(C)(C)C. The molecule has 0 saturated heterocycles. The fourth-order valence-electron chi connectivity index (χ4n) is 1.42. The van der Waals surface area contributed by atoms with Crippen molar-refractivity contribution in [2.24, 2.45) is 0 Å². The highest BCUT2D eigenvalue weighted by Gasteiger charge is 2.13. The number of hydrogen-bond acceptors (Lipinski definition) is 3. The van der Waals surface area contributed by atoms with Crippen LogP contribution in [0, 0.1) is 0 Å². The standard InChI is InChI=1S/C14H31N5O2/c1-13(2,3)18-11(20)16-9-7-15-8-10-17-12(21)19-14(4,5)6/h15H,7-10H2,1-6H3,(H2,16,18,20)(H2,17,19,21). The van der Waals surface area contributed by atoms with E-state index in [1.54, 1.807) is 0 Å². The molecule has 0 rings (SSSR count). The Bertz CT molecular complexity index is 299. The van der Waals surface area contributed by atoms with E-state index >= 15 is 0 Å². The van der Waals surface area contributed by atoms with Crippen LogP contribution in [0.3, 0.4) is 0 Å². The van der Waals surface area contributed by atoms with Crippen LogP contribution in [0.15, 0.2) is 0 Å². The Labute approximate surface area is 128 Å². The van der Waals surface area contributed by atoms with Gasteiger partial charge in [-0.2, -0.15) is 0 Å². The van der Waals surface area contributed by atoms with E-state index < -0.39 is 0 Å². The van der Waals surface area contributed by atoms with Crippen LogP contribution in [0.5, 0.6) is 0 Å². The lowest BCUT2D eigenvalue weighted by Crippen LogP contribution is -2.49. The molecule has 4 amide bonds. The number of urea groups is 2. The Morgan fingerprint density at radius 2 is 1.00 bits per heavy atom. The summed E-state index contributed by atoms with van der Waals surface area (Å²) in [5.74, 6) is 0. The topological polar surface area (TPSA) is 94.3 Å².